The predicted octanol–water partition coefficient (Wildman–Crippen LogP) is 25.8. The molecule has 0 aliphatic rings. The highest BCUT2D eigenvalue weighted by molar-refractivity contribution is 6.21. The van der Waals surface area contributed by atoms with E-state index in [1.54, 1.807) is 0 Å². The summed E-state index contributed by atoms with van der Waals surface area (Å²) < 4.78 is 41.1. The molecule has 6 heterocycles. The summed E-state index contributed by atoms with van der Waals surface area (Å²) in [6, 6.07) is 98.9. The summed E-state index contributed by atoms with van der Waals surface area (Å²) in [5.74, 6) is 0. The molecule has 0 bridgehead atoms. The van der Waals surface area contributed by atoms with Gasteiger partial charge in [-0.25, -0.2) is 0 Å². The Bertz CT molecular complexity index is 6360. The van der Waals surface area contributed by atoms with Crippen LogP contribution in [0.5, 0.6) is 0 Å². The number of benzene rings is 16. The van der Waals surface area contributed by atoms with Gasteiger partial charge in [-0.3, -0.25) is 0 Å². The average Bonchev–Trinajstić information content (AvgIpc) is 1.64. The van der Waals surface area contributed by atoms with Crippen LogP contribution in [0.1, 0.15) is 0 Å². The van der Waals surface area contributed by atoms with E-state index in [0.29, 0.717) is 0 Å². The molecule has 6 aromatic heterocycles. The molecule has 8 heteroatoms. The van der Waals surface area contributed by atoms with E-state index in [2.05, 4.69) is 289 Å². The first kappa shape index (κ1) is 50.0. The van der Waals surface area contributed by atoms with Gasteiger partial charge in [0.2, 0.25) is 0 Å². The maximum Gasteiger partial charge on any atom is 0.143 e. The predicted molar refractivity (Wildman–Crippen MR) is 387 cm³/mol. The lowest BCUT2D eigenvalue weighted by atomic mass is 10.0. The lowest BCUT2D eigenvalue weighted by molar-refractivity contribution is 0.668. The van der Waals surface area contributed by atoms with E-state index in [9.17, 15) is 0 Å². The molecule has 0 amide bonds. The Hall–Kier alpha value is -12.8. The third-order valence-corrected chi connectivity index (χ3v) is 19.9. The Balaban J connectivity index is 0.668. The topological polar surface area (TPSA) is 85.3 Å². The maximum absolute atomic E-state index is 6.95. The number of anilines is 6. The molecule has 0 spiro atoms. The minimum atomic E-state index is 0.771. The van der Waals surface area contributed by atoms with Crippen LogP contribution >= 0.6 is 0 Å². The van der Waals surface area contributed by atoms with Crippen molar-refractivity contribution in [2.75, 3.05) is 9.80 Å². The third-order valence-electron chi connectivity index (χ3n) is 19.9. The molecule has 0 aliphatic carbocycles. The normalized spacial score (nSPS) is 12.5. The number of hydrogen-bond donors (Lipinski definition) is 0. The summed E-state index contributed by atoms with van der Waals surface area (Å²) in [6.45, 7) is 0. The van der Waals surface area contributed by atoms with Crippen molar-refractivity contribution in [1.82, 2.24) is 0 Å². The quantitative estimate of drug-likeness (QED) is 0.163. The summed E-state index contributed by atoms with van der Waals surface area (Å²) >= 11 is 0. The zero-order valence-corrected chi connectivity index (χ0v) is 49.9. The summed E-state index contributed by atoms with van der Waals surface area (Å²) in [6.07, 6.45) is 0. The average molecular weight is 1200 g/mol. The molecule has 0 aliphatic heterocycles. The first-order chi connectivity index (χ1) is 46.5. The Morgan fingerprint density at radius 1 is 0.149 bits per heavy atom. The minimum Gasteiger partial charge on any atom is -0.456 e. The molecule has 0 N–H and O–H groups in total. The van der Waals surface area contributed by atoms with Crippen LogP contribution in [-0.4, -0.2) is 0 Å². The monoisotopic (exact) mass is 1200 g/mol. The third kappa shape index (κ3) is 7.10. The van der Waals surface area contributed by atoms with Crippen molar-refractivity contribution in [2.45, 2.75) is 0 Å². The van der Waals surface area contributed by atoms with Crippen molar-refractivity contribution in [3.05, 3.63) is 279 Å². The van der Waals surface area contributed by atoms with Crippen LogP contribution in [0.2, 0.25) is 0 Å². The van der Waals surface area contributed by atoms with Gasteiger partial charge < -0.3 is 36.3 Å². The molecule has 0 saturated heterocycles. The highest BCUT2D eigenvalue weighted by Gasteiger charge is 2.24. The number of fused-ring (bicyclic) bond motifs is 27. The van der Waals surface area contributed by atoms with E-state index >= 15 is 0 Å². The van der Waals surface area contributed by atoms with Crippen LogP contribution in [0.25, 0.3) is 185 Å². The highest BCUT2D eigenvalue weighted by Crippen LogP contribution is 2.48. The fraction of sp³-hybridized carbons (Fsp3) is 0. The van der Waals surface area contributed by atoms with E-state index in [-0.39, 0.29) is 0 Å². The Kier molecular flexibility index (Phi) is 9.81. The molecule has 0 radical (unpaired) electrons. The van der Waals surface area contributed by atoms with Crippen LogP contribution in [-0.2, 0) is 0 Å². The fourth-order valence-corrected chi connectivity index (χ4v) is 15.5. The molecule has 0 fully saturated rings. The van der Waals surface area contributed by atoms with Gasteiger partial charge in [-0.15, -0.1) is 0 Å². The van der Waals surface area contributed by atoms with Gasteiger partial charge >= 0.3 is 0 Å². The number of hydrogen-bond acceptors (Lipinski definition) is 8. The SMILES string of the molecule is c1ccc2c(c1)ccc1c3ccc(N(c4ccc5c(c4)oc4cc6cc7c(cc6cc45)oc4cc(N(c5ccc6c(c5)oc5c8ccccc8ccc65)c5ccc6c(c5)oc5c8ccccc8ccc65)ccc47)c4ccc5c(c4)oc4c6ccccc6ccc54)cc3oc21. The minimum absolute atomic E-state index is 0.771. The molecule has 22 rings (SSSR count). The fourth-order valence-electron chi connectivity index (χ4n) is 15.5. The van der Waals surface area contributed by atoms with E-state index in [1.165, 1.54) is 0 Å². The van der Waals surface area contributed by atoms with Crippen molar-refractivity contribution in [1.29, 1.82) is 0 Å². The molecule has 0 unspecified atom stereocenters. The van der Waals surface area contributed by atoms with Gasteiger partial charge in [0.05, 0.1) is 0 Å². The van der Waals surface area contributed by atoms with Crippen LogP contribution < -0.4 is 9.80 Å². The summed E-state index contributed by atoms with van der Waals surface area (Å²) in [7, 11) is 0. The Morgan fingerprint density at radius 2 is 0.372 bits per heavy atom. The number of rotatable bonds is 6. The smallest absolute Gasteiger partial charge is 0.143 e. The van der Waals surface area contributed by atoms with Gasteiger partial charge in [-0.05, 0) is 154 Å². The molecule has 22 aromatic rings. The van der Waals surface area contributed by atoms with Crippen molar-refractivity contribution in [2.24, 2.45) is 0 Å². The van der Waals surface area contributed by atoms with Crippen LogP contribution in [0.15, 0.2) is 306 Å². The Labute approximate surface area is 532 Å². The molecule has 16 aromatic carbocycles. The van der Waals surface area contributed by atoms with Gasteiger partial charge in [0.15, 0.2) is 0 Å². The van der Waals surface area contributed by atoms with Crippen molar-refractivity contribution in [3.8, 4) is 0 Å². The van der Waals surface area contributed by atoms with E-state index < -0.39 is 0 Å². The van der Waals surface area contributed by atoms with Crippen LogP contribution in [0.4, 0.5) is 34.1 Å². The van der Waals surface area contributed by atoms with Crippen LogP contribution in [0, 0.1) is 0 Å². The molecule has 436 valence electrons. The van der Waals surface area contributed by atoms with E-state index in [1.807, 2.05) is 0 Å². The number of nitrogens with zero attached hydrogens (tertiary/aromatic N) is 2. The molecular weight excluding hydrogens is 1160 g/mol. The zero-order valence-electron chi connectivity index (χ0n) is 49.9. The van der Waals surface area contributed by atoms with Crippen molar-refractivity contribution in [3.63, 3.8) is 0 Å². The lowest BCUT2D eigenvalue weighted by Crippen LogP contribution is -2.09. The molecule has 94 heavy (non-hydrogen) atoms. The Morgan fingerprint density at radius 3 is 0.649 bits per heavy atom. The van der Waals surface area contributed by atoms with Crippen molar-refractivity contribution < 1.29 is 26.5 Å². The second kappa shape index (κ2) is 18.4. The van der Waals surface area contributed by atoms with Gasteiger partial charge in [0.1, 0.15) is 67.0 Å². The first-order valence-corrected chi connectivity index (χ1v) is 31.7. The molecular formula is C86H46N2O6. The zero-order chi connectivity index (χ0) is 61.0. The summed E-state index contributed by atoms with van der Waals surface area (Å²) in [5, 5.41) is 23.7. The molecule has 0 saturated carbocycles. The van der Waals surface area contributed by atoms with Gasteiger partial charge in [-0.2, -0.15) is 0 Å². The maximum atomic E-state index is 6.95. The second-order valence-electron chi connectivity index (χ2n) is 25.1. The van der Waals surface area contributed by atoms with Crippen LogP contribution in [0.3, 0.4) is 0 Å². The largest absolute Gasteiger partial charge is 0.456 e. The molecule has 0 atom stereocenters. The van der Waals surface area contributed by atoms with E-state index in [4.69, 9.17) is 26.5 Å². The van der Waals surface area contributed by atoms with Gasteiger partial charge in [-0.1, -0.05) is 121 Å². The summed E-state index contributed by atoms with van der Waals surface area (Å²) in [4.78, 5) is 4.54. The number of furan rings is 6. The van der Waals surface area contributed by atoms with Gasteiger partial charge in [0, 0.05) is 157 Å². The van der Waals surface area contributed by atoms with Gasteiger partial charge in [0.25, 0.3) is 0 Å². The van der Waals surface area contributed by atoms with E-state index in [0.717, 1.165) is 220 Å². The second-order valence-corrected chi connectivity index (χ2v) is 25.1. The lowest BCUT2D eigenvalue weighted by Gasteiger charge is -2.25. The standard InChI is InChI=1S/C86H46N2O6/c1-5-13-59-47(9-1)17-27-69-63-31-21-55(43-79(63)91-83(59)69)87(56-22-32-64-70-28-18-48-10-2-6-14-60(48)84(70)92-80(64)44-56)53-25-35-67-73-37-51-40-76-74(38-52(51)39-75(73)89-77(67)41-53)68-36-26-54(42-78(68)90-76)88(57-23-33-65-71-29-19-49-11-3-7-15-61(49)85(71)93-81(65)45-57)58-24-34-66-72-30-20-50-12-4-8-16-62(50)86(72)94-82(66)46-58/h1-46H. The van der Waals surface area contributed by atoms with Crippen molar-refractivity contribution >= 4 is 220 Å². The summed E-state index contributed by atoms with van der Waals surface area (Å²) in [5.41, 5.74) is 15.5. The first-order valence-electron chi connectivity index (χ1n) is 31.7. The highest BCUT2D eigenvalue weighted by atomic mass is 16.3. The molecule has 8 nitrogen and oxygen atoms in total.